The maximum Gasteiger partial charge on any atom is 0.332 e. The highest BCUT2D eigenvalue weighted by Gasteiger charge is 2.43. The maximum atomic E-state index is 13.0. The SMILES string of the molecule is CC(C)CNC(=O)CN1C(=O)[C@H](C)N(c2ccc(F)cc2)C1=O. The number of amides is 4. The normalized spacial score (nSPS) is 18.0. The van der Waals surface area contributed by atoms with Gasteiger partial charge in [-0.05, 0) is 37.1 Å². The van der Waals surface area contributed by atoms with E-state index in [1.165, 1.54) is 29.2 Å². The van der Waals surface area contributed by atoms with Crippen LogP contribution in [0.25, 0.3) is 0 Å². The Labute approximate surface area is 134 Å². The minimum absolute atomic E-state index is 0.276. The van der Waals surface area contributed by atoms with Crippen LogP contribution < -0.4 is 10.2 Å². The van der Waals surface area contributed by atoms with Gasteiger partial charge in [0.05, 0.1) is 0 Å². The van der Waals surface area contributed by atoms with Crippen LogP contribution in [0.2, 0.25) is 0 Å². The molecule has 4 amide bonds. The standard InChI is InChI=1S/C16H20FN3O3/c1-10(2)8-18-14(21)9-19-15(22)11(3)20(16(19)23)13-6-4-12(17)5-7-13/h4-7,10-11H,8-9H2,1-3H3,(H,18,21)/t11-/m0/s1. The maximum absolute atomic E-state index is 13.0. The molecule has 0 unspecified atom stereocenters. The van der Waals surface area contributed by atoms with E-state index in [9.17, 15) is 18.8 Å². The number of nitrogens with one attached hydrogen (secondary N) is 1. The minimum Gasteiger partial charge on any atom is -0.354 e. The lowest BCUT2D eigenvalue weighted by atomic mass is 10.2. The predicted molar refractivity (Wildman–Crippen MR) is 83.3 cm³/mol. The molecule has 0 radical (unpaired) electrons. The van der Waals surface area contributed by atoms with Gasteiger partial charge in [0.15, 0.2) is 0 Å². The first kappa shape index (κ1) is 16.9. The third kappa shape index (κ3) is 3.67. The number of benzene rings is 1. The van der Waals surface area contributed by atoms with Crippen molar-refractivity contribution in [1.29, 1.82) is 0 Å². The second-order valence-electron chi connectivity index (χ2n) is 5.93. The monoisotopic (exact) mass is 321 g/mol. The number of anilines is 1. The molecule has 1 atom stereocenters. The van der Waals surface area contributed by atoms with Gasteiger partial charge in [0, 0.05) is 12.2 Å². The van der Waals surface area contributed by atoms with E-state index in [2.05, 4.69) is 5.32 Å². The average Bonchev–Trinajstić information content (AvgIpc) is 2.70. The number of hydrogen-bond acceptors (Lipinski definition) is 3. The highest BCUT2D eigenvalue weighted by atomic mass is 19.1. The molecule has 0 aliphatic carbocycles. The Hall–Kier alpha value is -2.44. The van der Waals surface area contributed by atoms with Crippen molar-refractivity contribution in [2.75, 3.05) is 18.0 Å². The molecule has 0 spiro atoms. The van der Waals surface area contributed by atoms with Gasteiger partial charge in [0.25, 0.3) is 5.91 Å². The van der Waals surface area contributed by atoms with Crippen molar-refractivity contribution in [2.24, 2.45) is 5.92 Å². The van der Waals surface area contributed by atoms with Crippen molar-refractivity contribution in [3.05, 3.63) is 30.1 Å². The van der Waals surface area contributed by atoms with Crippen LogP contribution in [0.3, 0.4) is 0 Å². The molecule has 7 heteroatoms. The summed E-state index contributed by atoms with van der Waals surface area (Å²) in [6, 6.07) is 3.99. The summed E-state index contributed by atoms with van der Waals surface area (Å²) in [5, 5.41) is 2.67. The first-order valence-electron chi connectivity index (χ1n) is 7.48. The number of rotatable bonds is 5. The van der Waals surface area contributed by atoms with Gasteiger partial charge in [-0.2, -0.15) is 0 Å². The van der Waals surface area contributed by atoms with Crippen molar-refractivity contribution in [3.8, 4) is 0 Å². The first-order valence-corrected chi connectivity index (χ1v) is 7.48. The molecule has 1 N–H and O–H groups in total. The van der Waals surface area contributed by atoms with E-state index in [1.54, 1.807) is 6.92 Å². The Morgan fingerprint density at radius 3 is 2.43 bits per heavy atom. The van der Waals surface area contributed by atoms with E-state index >= 15 is 0 Å². The van der Waals surface area contributed by atoms with E-state index in [4.69, 9.17) is 0 Å². The van der Waals surface area contributed by atoms with E-state index in [1.807, 2.05) is 13.8 Å². The van der Waals surface area contributed by atoms with Gasteiger partial charge in [-0.3, -0.25) is 19.4 Å². The highest BCUT2D eigenvalue weighted by Crippen LogP contribution is 2.25. The minimum atomic E-state index is -0.731. The van der Waals surface area contributed by atoms with Gasteiger partial charge in [-0.25, -0.2) is 9.18 Å². The van der Waals surface area contributed by atoms with Crippen LogP contribution in [-0.4, -0.2) is 41.9 Å². The molecular formula is C16H20FN3O3. The van der Waals surface area contributed by atoms with Crippen LogP contribution in [0.1, 0.15) is 20.8 Å². The Morgan fingerprint density at radius 1 is 1.26 bits per heavy atom. The number of nitrogens with zero attached hydrogens (tertiary/aromatic N) is 2. The van der Waals surface area contributed by atoms with Gasteiger partial charge in [-0.1, -0.05) is 13.8 Å². The molecule has 2 rings (SSSR count). The van der Waals surface area contributed by atoms with Gasteiger partial charge < -0.3 is 5.32 Å². The summed E-state index contributed by atoms with van der Waals surface area (Å²) in [5.41, 5.74) is 0.419. The number of imide groups is 1. The van der Waals surface area contributed by atoms with Crippen LogP contribution in [0.5, 0.6) is 0 Å². The van der Waals surface area contributed by atoms with Crippen molar-refractivity contribution in [3.63, 3.8) is 0 Å². The number of carbonyl (C=O) groups is 3. The van der Waals surface area contributed by atoms with Gasteiger partial charge in [0.1, 0.15) is 18.4 Å². The van der Waals surface area contributed by atoms with E-state index in [0.717, 1.165) is 4.90 Å². The summed E-state index contributed by atoms with van der Waals surface area (Å²) in [4.78, 5) is 38.7. The number of urea groups is 1. The van der Waals surface area contributed by atoms with Gasteiger partial charge in [0.2, 0.25) is 5.91 Å². The zero-order valence-corrected chi connectivity index (χ0v) is 13.4. The van der Waals surface area contributed by atoms with Gasteiger partial charge >= 0.3 is 6.03 Å². The zero-order valence-electron chi connectivity index (χ0n) is 13.4. The summed E-state index contributed by atoms with van der Waals surface area (Å²) in [6.45, 7) is 5.64. The largest absolute Gasteiger partial charge is 0.354 e. The van der Waals surface area contributed by atoms with Crippen LogP contribution in [0.15, 0.2) is 24.3 Å². The Kier molecular flexibility index (Phi) is 4.98. The molecule has 1 heterocycles. The smallest absolute Gasteiger partial charge is 0.332 e. The third-order valence-electron chi connectivity index (χ3n) is 3.56. The molecule has 1 aromatic carbocycles. The van der Waals surface area contributed by atoms with E-state index in [-0.39, 0.29) is 18.4 Å². The molecule has 124 valence electrons. The molecule has 1 aromatic rings. The van der Waals surface area contributed by atoms with Crippen LogP contribution in [0, 0.1) is 11.7 Å². The summed E-state index contributed by atoms with van der Waals surface area (Å²) in [6.07, 6.45) is 0. The molecule has 1 aliphatic rings. The topological polar surface area (TPSA) is 69.7 Å². The highest BCUT2D eigenvalue weighted by molar-refractivity contribution is 6.15. The number of halogens is 1. The summed E-state index contributed by atoms with van der Waals surface area (Å²) in [5.74, 6) is -0.976. The summed E-state index contributed by atoms with van der Waals surface area (Å²) in [7, 11) is 0. The van der Waals surface area contributed by atoms with Gasteiger partial charge in [-0.15, -0.1) is 0 Å². The quantitative estimate of drug-likeness (QED) is 0.840. The van der Waals surface area contributed by atoms with Crippen molar-refractivity contribution in [2.45, 2.75) is 26.8 Å². The van der Waals surface area contributed by atoms with Crippen LogP contribution in [-0.2, 0) is 9.59 Å². The Balaban J connectivity index is 2.11. The first-order chi connectivity index (χ1) is 10.8. The zero-order chi connectivity index (χ0) is 17.1. The lowest BCUT2D eigenvalue weighted by molar-refractivity contribution is -0.131. The fourth-order valence-electron chi connectivity index (χ4n) is 2.32. The Morgan fingerprint density at radius 2 is 1.87 bits per heavy atom. The average molecular weight is 321 g/mol. The lowest BCUT2D eigenvalue weighted by Gasteiger charge is -2.19. The molecule has 0 saturated carbocycles. The molecule has 0 aromatic heterocycles. The van der Waals surface area contributed by atoms with Crippen molar-refractivity contribution >= 4 is 23.5 Å². The van der Waals surface area contributed by atoms with Crippen LogP contribution in [0.4, 0.5) is 14.9 Å². The molecule has 23 heavy (non-hydrogen) atoms. The molecular weight excluding hydrogens is 301 g/mol. The molecule has 0 bridgehead atoms. The third-order valence-corrected chi connectivity index (χ3v) is 3.56. The van der Waals surface area contributed by atoms with Crippen LogP contribution >= 0.6 is 0 Å². The van der Waals surface area contributed by atoms with Crippen molar-refractivity contribution in [1.82, 2.24) is 10.2 Å². The molecule has 1 saturated heterocycles. The fourth-order valence-corrected chi connectivity index (χ4v) is 2.32. The summed E-state index contributed by atoms with van der Waals surface area (Å²) < 4.78 is 13.0. The lowest BCUT2D eigenvalue weighted by Crippen LogP contribution is -2.42. The predicted octanol–water partition coefficient (Wildman–Crippen LogP) is 1.75. The number of carbonyl (C=O) groups excluding carboxylic acids is 3. The second kappa shape index (κ2) is 6.76. The molecule has 6 nitrogen and oxygen atoms in total. The summed E-state index contributed by atoms with van der Waals surface area (Å²) >= 11 is 0. The molecule has 1 aliphatic heterocycles. The Bertz CT molecular complexity index is 616. The number of hydrogen-bond donors (Lipinski definition) is 1. The van der Waals surface area contributed by atoms with E-state index in [0.29, 0.717) is 12.2 Å². The van der Waals surface area contributed by atoms with Crippen molar-refractivity contribution < 1.29 is 18.8 Å². The van der Waals surface area contributed by atoms with E-state index < -0.39 is 23.8 Å². The second-order valence-corrected chi connectivity index (χ2v) is 5.93. The molecule has 1 fully saturated rings. The fraction of sp³-hybridized carbons (Fsp3) is 0.438.